The molecule has 0 spiro atoms. The number of esters is 1. The van der Waals surface area contributed by atoms with Crippen molar-refractivity contribution >= 4 is 33.5 Å². The van der Waals surface area contributed by atoms with Crippen LogP contribution in [0.15, 0.2) is 40.9 Å². The fraction of sp³-hybridized carbons (Fsp3) is 0.462. The first-order chi connectivity index (χ1) is 14.7. The van der Waals surface area contributed by atoms with Crippen LogP contribution in [0.3, 0.4) is 0 Å². The fourth-order valence-corrected chi connectivity index (χ4v) is 6.22. The highest BCUT2D eigenvalue weighted by molar-refractivity contribution is 9.10. The van der Waals surface area contributed by atoms with E-state index in [1.165, 1.54) is 16.7 Å². The van der Waals surface area contributed by atoms with Crippen LogP contribution in [-0.2, 0) is 40.0 Å². The quantitative estimate of drug-likeness (QED) is 0.584. The zero-order chi connectivity index (χ0) is 22.0. The molecule has 0 radical (unpaired) electrons. The zero-order valence-electron chi connectivity index (χ0n) is 18.3. The van der Waals surface area contributed by atoms with E-state index in [1.54, 1.807) is 0 Å². The summed E-state index contributed by atoms with van der Waals surface area (Å²) in [5.41, 5.74) is 3.45. The summed E-state index contributed by atoms with van der Waals surface area (Å²) in [5, 5.41) is 3.19. The number of aryl methyl sites for hydroxylation is 4. The van der Waals surface area contributed by atoms with E-state index in [4.69, 9.17) is 4.74 Å². The lowest BCUT2D eigenvalue weighted by Gasteiger charge is -2.35. The van der Waals surface area contributed by atoms with E-state index in [1.807, 2.05) is 20.8 Å². The third-order valence-electron chi connectivity index (χ3n) is 8.36. The largest absolute Gasteiger partial charge is 0.448 e. The van der Waals surface area contributed by atoms with Crippen molar-refractivity contribution in [3.63, 3.8) is 0 Å². The maximum absolute atomic E-state index is 13.6. The molecule has 4 nitrogen and oxygen atoms in total. The molecule has 2 aromatic carbocycles. The Morgan fingerprint density at radius 2 is 1.58 bits per heavy atom. The Morgan fingerprint density at radius 3 is 2.19 bits per heavy atom. The first-order valence-electron chi connectivity index (χ1n) is 11.1. The van der Waals surface area contributed by atoms with Crippen LogP contribution in [0.2, 0.25) is 0 Å². The van der Waals surface area contributed by atoms with Crippen LogP contribution in [0.5, 0.6) is 0 Å². The predicted octanol–water partition coefficient (Wildman–Crippen LogP) is 5.39. The van der Waals surface area contributed by atoms with Crippen molar-refractivity contribution in [1.29, 1.82) is 0 Å². The van der Waals surface area contributed by atoms with Crippen molar-refractivity contribution < 1.29 is 14.3 Å². The van der Waals surface area contributed by atoms with Crippen LogP contribution in [-0.4, -0.2) is 17.5 Å². The van der Waals surface area contributed by atoms with Gasteiger partial charge in [-0.15, -0.1) is 0 Å². The number of benzene rings is 2. The second-order valence-corrected chi connectivity index (χ2v) is 10.9. The van der Waals surface area contributed by atoms with Crippen LogP contribution < -0.4 is 5.32 Å². The molecule has 0 unspecified atom stereocenters. The summed E-state index contributed by atoms with van der Waals surface area (Å²) in [6.07, 6.45) is 4.80. The maximum atomic E-state index is 13.6. The molecule has 8 rings (SSSR count). The van der Waals surface area contributed by atoms with Gasteiger partial charge in [-0.25, -0.2) is 0 Å². The molecule has 1 aliphatic heterocycles. The summed E-state index contributed by atoms with van der Waals surface area (Å²) >= 11 is 3.72. The minimum atomic E-state index is -1.10. The van der Waals surface area contributed by atoms with Gasteiger partial charge in [-0.2, -0.15) is 0 Å². The van der Waals surface area contributed by atoms with Crippen LogP contribution in [0.1, 0.15) is 55.9 Å². The van der Waals surface area contributed by atoms with E-state index >= 15 is 0 Å². The molecule has 162 valence electrons. The highest BCUT2D eigenvalue weighted by Gasteiger charge is 2.75. The number of fused-ring (bicyclic) bond motifs is 2. The van der Waals surface area contributed by atoms with Crippen molar-refractivity contribution in [3.05, 3.63) is 63.1 Å². The average Bonchev–Trinajstić information content (AvgIpc) is 3.01. The monoisotopic (exact) mass is 481 g/mol. The Balaban J connectivity index is 1.48. The van der Waals surface area contributed by atoms with Gasteiger partial charge in [-0.3, -0.25) is 9.59 Å². The van der Waals surface area contributed by atoms with Gasteiger partial charge in [-0.05, 0) is 79.8 Å². The van der Waals surface area contributed by atoms with Crippen LogP contribution in [0.25, 0.3) is 0 Å². The summed E-state index contributed by atoms with van der Waals surface area (Å²) in [6.45, 7) is 5.92. The van der Waals surface area contributed by atoms with Crippen molar-refractivity contribution in [2.24, 2.45) is 10.8 Å². The number of nitrogens with one attached hydrogen (secondary N) is 1. The third-order valence-corrected chi connectivity index (χ3v) is 9.09. The third kappa shape index (κ3) is 2.92. The fourth-order valence-electron chi connectivity index (χ4n) is 5.59. The summed E-state index contributed by atoms with van der Waals surface area (Å²) in [4.78, 5) is 26.2. The number of carbonyl (C=O) groups excluding carboxylic acids is 2. The van der Waals surface area contributed by atoms with Crippen molar-refractivity contribution in [3.8, 4) is 0 Å². The minimum absolute atomic E-state index is 0.193. The van der Waals surface area contributed by atoms with Crippen LogP contribution in [0.4, 0.5) is 5.69 Å². The average molecular weight is 482 g/mol. The molecule has 2 fully saturated rings. The molecule has 1 heterocycles. The van der Waals surface area contributed by atoms with E-state index in [0.29, 0.717) is 12.8 Å². The number of carbonyl (C=O) groups is 2. The van der Waals surface area contributed by atoms with Gasteiger partial charge in [0, 0.05) is 15.6 Å². The molecule has 1 saturated carbocycles. The lowest BCUT2D eigenvalue weighted by atomic mass is 9.66. The number of anilines is 1. The molecule has 1 N–H and O–H groups in total. The molecule has 1 saturated heterocycles. The molecule has 0 aromatic heterocycles. The topological polar surface area (TPSA) is 55.4 Å². The lowest BCUT2D eigenvalue weighted by molar-refractivity contribution is -0.165. The smallest absolute Gasteiger partial charge is 0.313 e. The highest BCUT2D eigenvalue weighted by Crippen LogP contribution is 2.65. The Hall–Kier alpha value is -2.14. The SMILES string of the molecule is CC1(C)[C@@]2(C)CC[C@]1(C(=O)Nc1cc3ccc1CCc1ccc(cc1Br)CC3)OC2=O. The van der Waals surface area contributed by atoms with Gasteiger partial charge < -0.3 is 10.1 Å². The van der Waals surface area contributed by atoms with E-state index in [2.05, 4.69) is 57.6 Å². The highest BCUT2D eigenvalue weighted by atomic mass is 79.9. The minimum Gasteiger partial charge on any atom is -0.448 e. The van der Waals surface area contributed by atoms with E-state index < -0.39 is 16.4 Å². The number of halogens is 1. The lowest BCUT2D eigenvalue weighted by Crippen LogP contribution is -2.50. The van der Waals surface area contributed by atoms with Gasteiger partial charge in [0.15, 0.2) is 5.60 Å². The number of hydrogen-bond acceptors (Lipinski definition) is 3. The predicted molar refractivity (Wildman–Crippen MR) is 124 cm³/mol. The van der Waals surface area contributed by atoms with Crippen LogP contribution >= 0.6 is 15.9 Å². The van der Waals surface area contributed by atoms with E-state index in [0.717, 1.165) is 41.4 Å². The van der Waals surface area contributed by atoms with E-state index in [9.17, 15) is 9.59 Å². The first-order valence-corrected chi connectivity index (χ1v) is 11.9. The Morgan fingerprint density at radius 1 is 0.935 bits per heavy atom. The summed E-state index contributed by atoms with van der Waals surface area (Å²) < 4.78 is 6.95. The van der Waals surface area contributed by atoms with Crippen LogP contribution in [0, 0.1) is 10.8 Å². The van der Waals surface area contributed by atoms with Gasteiger partial charge in [-0.1, -0.05) is 54.0 Å². The molecule has 5 aliphatic carbocycles. The number of rotatable bonds is 2. The maximum Gasteiger partial charge on any atom is 0.313 e. The van der Waals surface area contributed by atoms with Crippen molar-refractivity contribution in [1.82, 2.24) is 0 Å². The second kappa shape index (κ2) is 6.93. The van der Waals surface area contributed by atoms with Gasteiger partial charge in [0.2, 0.25) is 0 Å². The Kier molecular flexibility index (Phi) is 4.64. The zero-order valence-corrected chi connectivity index (χ0v) is 19.9. The normalized spacial score (nSPS) is 28.2. The molecular formula is C26H28BrNO3. The van der Waals surface area contributed by atoms with Gasteiger partial charge >= 0.3 is 5.97 Å². The molecule has 2 atom stereocenters. The van der Waals surface area contributed by atoms with Gasteiger partial charge in [0.25, 0.3) is 5.91 Å². The molecule has 2 aromatic rings. The first kappa shape index (κ1) is 20.7. The second-order valence-electron chi connectivity index (χ2n) is 10.0. The van der Waals surface area contributed by atoms with Crippen molar-refractivity contribution in [2.75, 3.05) is 5.32 Å². The molecule has 6 aliphatic rings. The number of ether oxygens (including phenoxy) is 1. The molecule has 1 amide bonds. The number of amides is 1. The van der Waals surface area contributed by atoms with Gasteiger partial charge in [0.05, 0.1) is 5.41 Å². The molecule has 5 heteroatoms. The standard InChI is InChI=1S/C26H28BrNO3/c1-24(2)25(3)12-13-26(24,31-23(25)30)22(29)28-21-15-17-5-4-16-6-8-18(20(27)14-16)10-11-19(21)9-7-17/h6-9,14-15H,4-5,10-13H2,1-3H3,(H,28,29)/t25-,26+/m0/s1. The summed E-state index contributed by atoms with van der Waals surface area (Å²) in [7, 11) is 0. The Bertz CT molecular complexity index is 1110. The Labute approximate surface area is 191 Å². The van der Waals surface area contributed by atoms with Crippen molar-refractivity contribution in [2.45, 2.75) is 64.9 Å². The molecule has 6 bridgehead atoms. The van der Waals surface area contributed by atoms with Gasteiger partial charge in [0.1, 0.15) is 0 Å². The van der Waals surface area contributed by atoms with E-state index in [-0.39, 0.29) is 11.9 Å². The molecule has 31 heavy (non-hydrogen) atoms. The summed E-state index contributed by atoms with van der Waals surface area (Å²) in [5.74, 6) is -0.440. The molecular weight excluding hydrogens is 454 g/mol. The summed E-state index contributed by atoms with van der Waals surface area (Å²) in [6, 6.07) is 13.0. The number of hydrogen-bond donors (Lipinski definition) is 1.